The first kappa shape index (κ1) is 41.2. The summed E-state index contributed by atoms with van der Waals surface area (Å²) in [5, 5.41) is 19.1. The summed E-state index contributed by atoms with van der Waals surface area (Å²) in [6.45, 7) is 4.62. The van der Waals surface area contributed by atoms with Gasteiger partial charge in [0, 0.05) is 6.26 Å². The summed E-state index contributed by atoms with van der Waals surface area (Å²) in [5.74, 6) is -5.46. The first-order valence-electron chi connectivity index (χ1n) is 15.4. The molecule has 2 aromatic carbocycles. The number of halogens is 1. The van der Waals surface area contributed by atoms with Crippen molar-refractivity contribution in [1.82, 2.24) is 21.3 Å². The zero-order chi connectivity index (χ0) is 37.4. The molecule has 0 saturated carbocycles. The molecule has 0 saturated heterocycles. The third kappa shape index (κ3) is 14.3. The van der Waals surface area contributed by atoms with Gasteiger partial charge in [-0.2, -0.15) is 0 Å². The average Bonchev–Trinajstić information content (AvgIpc) is 3.04. The van der Waals surface area contributed by atoms with Gasteiger partial charge >= 0.3 is 18.0 Å². The second kappa shape index (κ2) is 19.9. The molecule has 4 atom stereocenters. The monoisotopic (exact) mass is 736 g/mol. The highest BCUT2D eigenvalue weighted by atomic mass is 35.5. The second-order valence-electron chi connectivity index (χ2n) is 11.3. The molecule has 272 valence electrons. The van der Waals surface area contributed by atoms with Crippen LogP contribution < -0.4 is 21.3 Å². The summed E-state index contributed by atoms with van der Waals surface area (Å²) in [6.07, 6.45) is -0.662. The first-order valence-corrected chi connectivity index (χ1v) is 17.7. The van der Waals surface area contributed by atoms with Gasteiger partial charge in [-0.1, -0.05) is 86.1 Å². The molecule has 0 fully saturated rings. The van der Waals surface area contributed by atoms with Gasteiger partial charge in [0.25, 0.3) is 0 Å². The molecule has 4 amide bonds. The maximum absolute atomic E-state index is 13.8. The quantitative estimate of drug-likeness (QED) is 0.140. The molecule has 2 aromatic rings. The lowest BCUT2D eigenvalue weighted by molar-refractivity contribution is -0.145. The molecule has 0 heterocycles. The summed E-state index contributed by atoms with van der Waals surface area (Å²) in [6, 6.07) is 10.9. The van der Waals surface area contributed by atoms with E-state index >= 15 is 0 Å². The molecule has 0 spiro atoms. The van der Waals surface area contributed by atoms with Crippen LogP contribution in [-0.4, -0.2) is 80.3 Å². The molecule has 0 radical (unpaired) electrons. The Kier molecular flexibility index (Phi) is 16.4. The third-order valence-corrected chi connectivity index (χ3v) is 8.65. The highest BCUT2D eigenvalue weighted by Crippen LogP contribution is 2.17. The van der Waals surface area contributed by atoms with Crippen LogP contribution in [0.25, 0.3) is 0 Å². The number of alkyl carbamates (subject to hydrolysis) is 1. The molecule has 0 aliphatic heterocycles. The predicted molar refractivity (Wildman–Crippen MR) is 182 cm³/mol. The van der Waals surface area contributed by atoms with Crippen LogP contribution in [0.2, 0.25) is 0 Å². The van der Waals surface area contributed by atoms with Crippen molar-refractivity contribution in [3.05, 3.63) is 82.2 Å². The van der Waals surface area contributed by atoms with E-state index in [0.717, 1.165) is 12.3 Å². The topological polar surface area (TPSA) is 223 Å². The van der Waals surface area contributed by atoms with Gasteiger partial charge in [0.15, 0.2) is 9.84 Å². The Morgan fingerprint density at radius 3 is 1.96 bits per heavy atom. The van der Waals surface area contributed by atoms with Crippen molar-refractivity contribution in [2.45, 2.75) is 64.4 Å². The number of hydrogen-bond acceptors (Lipinski definition) is 10. The summed E-state index contributed by atoms with van der Waals surface area (Å²) >= 11 is 5.81. The van der Waals surface area contributed by atoms with E-state index in [4.69, 9.17) is 21.1 Å². The van der Waals surface area contributed by atoms with Crippen LogP contribution in [0.3, 0.4) is 0 Å². The summed E-state index contributed by atoms with van der Waals surface area (Å²) in [5.41, 5.74) is 0.942. The largest absolute Gasteiger partial charge is 0.481 e. The van der Waals surface area contributed by atoms with Gasteiger partial charge in [-0.05, 0) is 30.0 Å². The Morgan fingerprint density at radius 1 is 0.820 bits per heavy atom. The number of rotatable bonds is 18. The normalized spacial score (nSPS) is 13.9. The lowest BCUT2D eigenvalue weighted by atomic mass is 10.00. The van der Waals surface area contributed by atoms with Gasteiger partial charge in [-0.15, -0.1) is 0 Å². The second-order valence-corrected chi connectivity index (χ2v) is 13.9. The average molecular weight is 737 g/mol. The number of esters is 1. The van der Waals surface area contributed by atoms with E-state index in [1.807, 2.05) is 0 Å². The zero-order valence-corrected chi connectivity index (χ0v) is 29.5. The van der Waals surface area contributed by atoms with Crippen molar-refractivity contribution >= 4 is 57.2 Å². The fourth-order valence-corrected chi connectivity index (χ4v) is 4.92. The maximum Gasteiger partial charge on any atom is 0.408 e. The van der Waals surface area contributed by atoms with Crippen LogP contribution in [0, 0.1) is 5.92 Å². The van der Waals surface area contributed by atoms with Gasteiger partial charge in [0.2, 0.25) is 17.7 Å². The molecule has 0 aromatic heterocycles. The van der Waals surface area contributed by atoms with Crippen LogP contribution in [-0.2, 0) is 49.9 Å². The van der Waals surface area contributed by atoms with Gasteiger partial charge in [-0.25, -0.2) is 13.2 Å². The number of aliphatic carboxylic acids is 1. The molecule has 0 unspecified atom stereocenters. The van der Waals surface area contributed by atoms with Gasteiger partial charge in [-0.3, -0.25) is 24.0 Å². The number of carbonyl (C=O) groups excluding carboxylic acids is 5. The minimum atomic E-state index is -3.91. The summed E-state index contributed by atoms with van der Waals surface area (Å²) < 4.78 is 33.1. The van der Waals surface area contributed by atoms with Crippen LogP contribution >= 0.6 is 11.6 Å². The lowest BCUT2D eigenvalue weighted by Crippen LogP contribution is -2.56. The fourth-order valence-electron chi connectivity index (χ4n) is 4.36. The van der Waals surface area contributed by atoms with Crippen molar-refractivity contribution in [2.75, 3.05) is 12.9 Å². The summed E-state index contributed by atoms with van der Waals surface area (Å²) in [7, 11) is -3.91. The lowest BCUT2D eigenvalue weighted by Gasteiger charge is -2.27. The van der Waals surface area contributed by atoms with E-state index in [0.29, 0.717) is 5.56 Å². The number of amides is 4. The molecule has 5 N–H and O–H groups in total. The van der Waals surface area contributed by atoms with Gasteiger partial charge in [0.1, 0.15) is 29.1 Å². The van der Waals surface area contributed by atoms with Crippen LogP contribution in [0.5, 0.6) is 0 Å². The predicted octanol–water partition coefficient (Wildman–Crippen LogP) is 2.32. The van der Waals surface area contributed by atoms with E-state index < -0.39 is 92.9 Å². The molecule has 0 bridgehead atoms. The first-order chi connectivity index (χ1) is 23.5. The van der Waals surface area contributed by atoms with Crippen molar-refractivity contribution in [3.63, 3.8) is 0 Å². The smallest absolute Gasteiger partial charge is 0.408 e. The minimum Gasteiger partial charge on any atom is -0.481 e. The van der Waals surface area contributed by atoms with Crippen molar-refractivity contribution in [2.24, 2.45) is 5.92 Å². The van der Waals surface area contributed by atoms with E-state index in [9.17, 15) is 42.3 Å². The maximum atomic E-state index is 13.8. The number of benzene rings is 2. The third-order valence-electron chi connectivity index (χ3n) is 6.83. The number of ether oxygens (including phenoxy) is 2. The minimum absolute atomic E-state index is 0.00288. The Balaban J connectivity index is 2.33. The van der Waals surface area contributed by atoms with Crippen molar-refractivity contribution < 1.29 is 51.8 Å². The molecule has 15 nitrogen and oxygen atoms in total. The van der Waals surface area contributed by atoms with Crippen molar-refractivity contribution in [3.8, 4) is 0 Å². The molecule has 0 aliphatic rings. The molecule has 0 aliphatic carbocycles. The number of carboxylic acids is 1. The van der Waals surface area contributed by atoms with E-state index in [2.05, 4.69) is 21.3 Å². The standard InChI is InChI=1S/C33H41ClN4O11S/c1-5-48-27(41)18-24(36-33(45)49-19-21-12-8-6-9-13-21)30(42)38-29(22-14-10-7-11-15-22)32(44)37-28(20(2)3)31(43)35-23(17-26(39)40)16-25(34)50(4,46)47/h6-16,20,23-24,28-29H,5,17-19H2,1-4H3,(H,35,43)(H,36,45)(H,37,44)(H,38,42)(H,39,40)/b25-16+/t23-,24+,28+,29+/m1/s1. The van der Waals surface area contributed by atoms with Gasteiger partial charge in [0.05, 0.1) is 25.5 Å². The van der Waals surface area contributed by atoms with E-state index in [1.54, 1.807) is 69.3 Å². The van der Waals surface area contributed by atoms with Crippen LogP contribution in [0.15, 0.2) is 71.1 Å². The van der Waals surface area contributed by atoms with Crippen molar-refractivity contribution in [1.29, 1.82) is 0 Å². The number of sulfone groups is 1. The molecule has 2 rings (SSSR count). The summed E-state index contributed by atoms with van der Waals surface area (Å²) in [4.78, 5) is 77.2. The number of nitrogens with one attached hydrogen (secondary N) is 4. The Hall–Kier alpha value is -4.96. The van der Waals surface area contributed by atoms with Gasteiger partial charge < -0.3 is 35.8 Å². The number of hydrogen-bond donors (Lipinski definition) is 5. The molecular weight excluding hydrogens is 696 g/mol. The Labute approximate surface area is 295 Å². The number of carbonyl (C=O) groups is 6. The Bertz CT molecular complexity index is 1640. The zero-order valence-electron chi connectivity index (χ0n) is 27.9. The van der Waals surface area contributed by atoms with E-state index in [1.165, 1.54) is 12.1 Å². The Morgan fingerprint density at radius 2 is 1.42 bits per heavy atom. The van der Waals surface area contributed by atoms with Crippen LogP contribution in [0.1, 0.15) is 50.8 Å². The highest BCUT2D eigenvalue weighted by Gasteiger charge is 2.34. The molecule has 17 heteroatoms. The molecular formula is C33H41ClN4O11S. The highest BCUT2D eigenvalue weighted by molar-refractivity contribution is 7.96. The van der Waals surface area contributed by atoms with Crippen LogP contribution in [0.4, 0.5) is 4.79 Å². The van der Waals surface area contributed by atoms with E-state index in [-0.39, 0.29) is 18.8 Å². The number of carboxylic acid groups (broad SMARTS) is 1. The SMILES string of the molecule is CCOC(=O)C[C@H](NC(=O)OCc1ccccc1)C(=O)N[C@H](C(=O)N[C@H](C(=O)N[C@H](/C=C(\Cl)S(C)(=O)=O)CC(=O)O)C(C)C)c1ccccc1. The fraction of sp³-hybridized carbons (Fsp3) is 0.394. The molecule has 50 heavy (non-hydrogen) atoms.